The van der Waals surface area contributed by atoms with Crippen molar-refractivity contribution in [3.05, 3.63) is 0 Å². The van der Waals surface area contributed by atoms with Gasteiger partial charge in [-0.25, -0.2) is 13.1 Å². The first kappa shape index (κ1) is 12.3. The van der Waals surface area contributed by atoms with Crippen molar-refractivity contribution in [2.45, 2.75) is 56.2 Å². The molecule has 0 bridgehead atoms. The highest BCUT2D eigenvalue weighted by atomic mass is 32.2. The molecule has 16 heavy (non-hydrogen) atoms. The van der Waals surface area contributed by atoms with Crippen LogP contribution in [0.15, 0.2) is 0 Å². The summed E-state index contributed by atoms with van der Waals surface area (Å²) in [4.78, 5) is 0. The van der Waals surface area contributed by atoms with E-state index >= 15 is 0 Å². The third-order valence-electron chi connectivity index (χ3n) is 3.86. The van der Waals surface area contributed by atoms with Crippen molar-refractivity contribution in [2.24, 2.45) is 0 Å². The lowest BCUT2D eigenvalue weighted by Crippen LogP contribution is -2.48. The van der Waals surface area contributed by atoms with Gasteiger partial charge in [0.15, 0.2) is 0 Å². The zero-order valence-electron chi connectivity index (χ0n) is 9.96. The Balaban J connectivity index is 1.88. The minimum Gasteiger partial charge on any atom is -0.310 e. The Morgan fingerprint density at radius 2 is 2.00 bits per heavy atom. The Labute approximate surface area is 98.2 Å². The maximum atomic E-state index is 12.0. The molecule has 0 aromatic heterocycles. The fourth-order valence-electron chi connectivity index (χ4n) is 2.68. The Kier molecular flexibility index (Phi) is 3.56. The summed E-state index contributed by atoms with van der Waals surface area (Å²) < 4.78 is 26.8. The first-order chi connectivity index (χ1) is 7.52. The van der Waals surface area contributed by atoms with Crippen LogP contribution < -0.4 is 10.0 Å². The highest BCUT2D eigenvalue weighted by molar-refractivity contribution is 7.90. The van der Waals surface area contributed by atoms with E-state index in [1.165, 1.54) is 0 Å². The average Bonchev–Trinajstić information content (AvgIpc) is 2.86. The standard InChI is InChI=1S/C11H22N2O2S/c1-11(7-4-8-12-11)9-13-16(14,15)10-5-2-3-6-10/h10,12-13H,2-9H2,1H3. The van der Waals surface area contributed by atoms with Gasteiger partial charge < -0.3 is 5.32 Å². The predicted molar refractivity (Wildman–Crippen MR) is 64.8 cm³/mol. The van der Waals surface area contributed by atoms with Gasteiger partial charge in [-0.1, -0.05) is 12.8 Å². The number of hydrogen-bond acceptors (Lipinski definition) is 3. The van der Waals surface area contributed by atoms with Crippen LogP contribution in [0.2, 0.25) is 0 Å². The van der Waals surface area contributed by atoms with E-state index in [9.17, 15) is 8.42 Å². The second-order valence-electron chi connectivity index (χ2n) is 5.36. The first-order valence-corrected chi connectivity index (χ1v) is 7.80. The van der Waals surface area contributed by atoms with E-state index in [0.717, 1.165) is 45.1 Å². The Bertz CT molecular complexity index is 328. The van der Waals surface area contributed by atoms with E-state index in [1.54, 1.807) is 0 Å². The van der Waals surface area contributed by atoms with Crippen LogP contribution in [-0.2, 0) is 10.0 Å². The molecule has 2 fully saturated rings. The van der Waals surface area contributed by atoms with Crippen molar-refractivity contribution in [3.8, 4) is 0 Å². The summed E-state index contributed by atoms with van der Waals surface area (Å²) in [5.41, 5.74) is -0.0360. The summed E-state index contributed by atoms with van der Waals surface area (Å²) in [6.45, 7) is 3.63. The molecule has 94 valence electrons. The molecule has 1 unspecified atom stereocenters. The van der Waals surface area contributed by atoms with Gasteiger partial charge in [0.05, 0.1) is 5.25 Å². The average molecular weight is 246 g/mol. The zero-order valence-corrected chi connectivity index (χ0v) is 10.8. The largest absolute Gasteiger partial charge is 0.310 e. The van der Waals surface area contributed by atoms with Crippen molar-refractivity contribution in [1.82, 2.24) is 10.0 Å². The first-order valence-electron chi connectivity index (χ1n) is 6.25. The molecule has 0 spiro atoms. The molecule has 1 atom stereocenters. The third-order valence-corrected chi connectivity index (χ3v) is 5.76. The Morgan fingerprint density at radius 3 is 2.56 bits per heavy atom. The Hall–Kier alpha value is -0.130. The maximum Gasteiger partial charge on any atom is 0.214 e. The van der Waals surface area contributed by atoms with Crippen molar-refractivity contribution in [1.29, 1.82) is 0 Å². The summed E-state index contributed by atoms with van der Waals surface area (Å²) in [5.74, 6) is 0. The highest BCUT2D eigenvalue weighted by Gasteiger charge is 2.33. The maximum absolute atomic E-state index is 12.0. The fourth-order valence-corrected chi connectivity index (χ4v) is 4.39. The van der Waals surface area contributed by atoms with Crippen molar-refractivity contribution in [3.63, 3.8) is 0 Å². The second kappa shape index (κ2) is 4.63. The van der Waals surface area contributed by atoms with Crippen LogP contribution >= 0.6 is 0 Å². The molecule has 2 N–H and O–H groups in total. The Morgan fingerprint density at radius 1 is 1.31 bits per heavy atom. The second-order valence-corrected chi connectivity index (χ2v) is 7.41. The molecular formula is C11H22N2O2S. The number of hydrogen-bond donors (Lipinski definition) is 2. The topological polar surface area (TPSA) is 58.2 Å². The van der Waals surface area contributed by atoms with Crippen LogP contribution in [0.5, 0.6) is 0 Å². The summed E-state index contributed by atoms with van der Waals surface area (Å²) >= 11 is 0. The molecular weight excluding hydrogens is 224 g/mol. The van der Waals surface area contributed by atoms with E-state index in [1.807, 2.05) is 0 Å². The molecule has 2 aliphatic rings. The van der Waals surface area contributed by atoms with Gasteiger partial charge in [0, 0.05) is 12.1 Å². The quantitative estimate of drug-likeness (QED) is 0.778. The molecule has 2 rings (SSSR count). The minimum atomic E-state index is -3.08. The minimum absolute atomic E-state index is 0.0360. The van der Waals surface area contributed by atoms with Crippen LogP contribution in [0.4, 0.5) is 0 Å². The van der Waals surface area contributed by atoms with E-state index < -0.39 is 10.0 Å². The van der Waals surface area contributed by atoms with Gasteiger partial charge >= 0.3 is 0 Å². The van der Waals surface area contributed by atoms with Crippen LogP contribution in [-0.4, -0.2) is 32.3 Å². The van der Waals surface area contributed by atoms with Gasteiger partial charge in [-0.2, -0.15) is 0 Å². The molecule has 1 aliphatic carbocycles. The SMILES string of the molecule is CC1(CNS(=O)(=O)C2CCCC2)CCCN1. The lowest BCUT2D eigenvalue weighted by Gasteiger charge is -2.25. The third kappa shape index (κ3) is 2.76. The lowest BCUT2D eigenvalue weighted by atomic mass is 10.0. The van der Waals surface area contributed by atoms with E-state index in [4.69, 9.17) is 0 Å². The molecule has 1 heterocycles. The van der Waals surface area contributed by atoms with Gasteiger partial charge in [-0.15, -0.1) is 0 Å². The number of sulfonamides is 1. The monoisotopic (exact) mass is 246 g/mol. The summed E-state index contributed by atoms with van der Waals surface area (Å²) in [6, 6.07) is 0. The van der Waals surface area contributed by atoms with E-state index in [2.05, 4.69) is 17.0 Å². The molecule has 5 heteroatoms. The van der Waals surface area contributed by atoms with Gasteiger partial charge in [0.25, 0.3) is 0 Å². The smallest absolute Gasteiger partial charge is 0.214 e. The molecule has 1 saturated heterocycles. The van der Waals surface area contributed by atoms with Crippen molar-refractivity contribution >= 4 is 10.0 Å². The lowest BCUT2D eigenvalue weighted by molar-refractivity contribution is 0.408. The summed E-state index contributed by atoms with van der Waals surface area (Å²) in [5, 5.41) is 3.23. The molecule has 1 aliphatic heterocycles. The summed E-state index contributed by atoms with van der Waals surface area (Å²) in [7, 11) is -3.08. The van der Waals surface area contributed by atoms with E-state index in [0.29, 0.717) is 6.54 Å². The number of nitrogens with one attached hydrogen (secondary N) is 2. The molecule has 0 aromatic rings. The van der Waals surface area contributed by atoms with Crippen molar-refractivity contribution in [2.75, 3.05) is 13.1 Å². The molecule has 4 nitrogen and oxygen atoms in total. The summed E-state index contributed by atoms with van der Waals surface area (Å²) in [6.07, 6.45) is 5.98. The highest BCUT2D eigenvalue weighted by Crippen LogP contribution is 2.24. The molecule has 0 amide bonds. The van der Waals surface area contributed by atoms with Crippen LogP contribution in [0.1, 0.15) is 45.4 Å². The normalized spacial score (nSPS) is 32.3. The van der Waals surface area contributed by atoms with Crippen LogP contribution in [0.25, 0.3) is 0 Å². The van der Waals surface area contributed by atoms with Crippen LogP contribution in [0, 0.1) is 0 Å². The van der Waals surface area contributed by atoms with E-state index in [-0.39, 0.29) is 10.8 Å². The molecule has 0 aromatic carbocycles. The van der Waals surface area contributed by atoms with Gasteiger partial charge in [0.2, 0.25) is 10.0 Å². The van der Waals surface area contributed by atoms with Gasteiger partial charge in [-0.05, 0) is 39.2 Å². The molecule has 0 radical (unpaired) electrons. The van der Waals surface area contributed by atoms with Gasteiger partial charge in [0.1, 0.15) is 0 Å². The predicted octanol–water partition coefficient (Wildman–Crippen LogP) is 0.990. The van der Waals surface area contributed by atoms with Crippen molar-refractivity contribution < 1.29 is 8.42 Å². The molecule has 1 saturated carbocycles. The van der Waals surface area contributed by atoms with Crippen LogP contribution in [0.3, 0.4) is 0 Å². The fraction of sp³-hybridized carbons (Fsp3) is 1.00. The van der Waals surface area contributed by atoms with Gasteiger partial charge in [-0.3, -0.25) is 0 Å². The zero-order chi connectivity index (χ0) is 11.6. The number of rotatable bonds is 4.